The van der Waals surface area contributed by atoms with E-state index in [1.165, 1.54) is 20.2 Å². The molecule has 6 heteroatoms. The van der Waals surface area contributed by atoms with Crippen molar-refractivity contribution >= 4 is 58.5 Å². The second-order valence-electron chi connectivity index (χ2n) is 7.57. The molecule has 0 fully saturated rings. The average Bonchev–Trinajstić information content (AvgIpc) is 3.10. The summed E-state index contributed by atoms with van der Waals surface area (Å²) in [6.45, 7) is 3.44. The number of benzene rings is 3. The summed E-state index contributed by atoms with van der Waals surface area (Å²) in [5.41, 5.74) is 0.472. The largest absolute Gasteiger partial charge is 0.461 e. The average molecular weight is 498 g/mol. The summed E-state index contributed by atoms with van der Waals surface area (Å²) < 4.78 is 12.2. The Labute approximate surface area is 191 Å². The molecule has 0 atom stereocenters. The Hall–Kier alpha value is -2.70. The van der Waals surface area contributed by atoms with Crippen molar-refractivity contribution < 1.29 is 19.1 Å². The first-order valence-corrected chi connectivity index (χ1v) is 11.9. The summed E-state index contributed by atoms with van der Waals surface area (Å²) in [5, 5.41) is 2.54. The number of esters is 2. The fourth-order valence-corrected chi connectivity index (χ4v) is 5.85. The lowest BCUT2D eigenvalue weighted by Gasteiger charge is -2.14. The van der Waals surface area contributed by atoms with Crippen molar-refractivity contribution in [2.24, 2.45) is 0 Å². The number of thiophene rings is 1. The molecule has 0 unspecified atom stereocenters. The van der Waals surface area contributed by atoms with Gasteiger partial charge in [-0.25, -0.2) is 4.79 Å². The normalized spacial score (nSPS) is 11.6. The zero-order chi connectivity index (χ0) is 22.0. The Balaban J connectivity index is 1.50. The lowest BCUT2D eigenvalue weighted by molar-refractivity contribution is -0.146. The van der Waals surface area contributed by atoms with Crippen molar-refractivity contribution in [2.45, 2.75) is 18.2 Å². The Morgan fingerprint density at radius 3 is 1.87 bits per heavy atom. The van der Waals surface area contributed by atoms with E-state index in [1.54, 1.807) is 26.0 Å². The van der Waals surface area contributed by atoms with Gasteiger partial charge in [-0.2, -0.15) is 0 Å². The monoisotopic (exact) mass is 497 g/mol. The maximum Gasteiger partial charge on any atom is 0.338 e. The van der Waals surface area contributed by atoms with E-state index in [9.17, 15) is 9.59 Å². The molecule has 1 heterocycles. The summed E-state index contributed by atoms with van der Waals surface area (Å²) in [6.07, 6.45) is 0. The molecule has 1 aromatic heterocycles. The molecule has 0 aliphatic carbocycles. The standard InChI is InChI=1S/C25H22BrO4S/c1-25(2,26)24(28)30-16-15-29-23(27)17-11-13-18(14-12-17)31-21-9-5-3-7-19(21)20-8-4-6-10-22(20)31/h3-14H,15-16H2,1-2H3/q+1. The van der Waals surface area contributed by atoms with Crippen molar-refractivity contribution in [3.8, 4) is 4.90 Å². The topological polar surface area (TPSA) is 52.6 Å². The molecule has 0 aliphatic rings. The predicted octanol–water partition coefficient (Wildman–Crippen LogP) is 6.60. The van der Waals surface area contributed by atoms with Gasteiger partial charge in [0, 0.05) is 21.2 Å². The Morgan fingerprint density at radius 2 is 1.32 bits per heavy atom. The second kappa shape index (κ2) is 8.81. The van der Waals surface area contributed by atoms with Gasteiger partial charge in [-0.15, -0.1) is 0 Å². The number of ether oxygens (including phenoxy) is 2. The number of halogens is 1. The summed E-state index contributed by atoms with van der Waals surface area (Å²) in [4.78, 5) is 25.2. The molecule has 0 bridgehead atoms. The Kier molecular flexibility index (Phi) is 6.12. The van der Waals surface area contributed by atoms with Gasteiger partial charge in [-0.3, -0.25) is 4.79 Å². The van der Waals surface area contributed by atoms with E-state index in [4.69, 9.17) is 9.47 Å². The molecule has 31 heavy (non-hydrogen) atoms. The highest BCUT2D eigenvalue weighted by Crippen LogP contribution is 2.48. The highest BCUT2D eigenvalue weighted by molar-refractivity contribution is 9.10. The number of fused-ring (bicyclic) bond motifs is 3. The van der Waals surface area contributed by atoms with Gasteiger partial charge >= 0.3 is 11.9 Å². The molecule has 3 aromatic carbocycles. The summed E-state index contributed by atoms with van der Waals surface area (Å²) in [6, 6.07) is 24.5. The molecular formula is C25H22BrO4S+. The molecule has 158 valence electrons. The van der Waals surface area contributed by atoms with Crippen LogP contribution in [0, 0.1) is 0 Å². The molecule has 0 saturated heterocycles. The Morgan fingerprint density at radius 1 is 0.806 bits per heavy atom. The fraction of sp³-hybridized carbons (Fsp3) is 0.200. The van der Waals surface area contributed by atoms with Gasteiger partial charge in [-0.05, 0) is 62.4 Å². The highest BCUT2D eigenvalue weighted by Gasteiger charge is 2.25. The first-order valence-electron chi connectivity index (χ1n) is 9.92. The van der Waals surface area contributed by atoms with Gasteiger partial charge in [0.25, 0.3) is 0 Å². The van der Waals surface area contributed by atoms with E-state index in [1.807, 2.05) is 12.1 Å². The smallest absolute Gasteiger partial charge is 0.338 e. The van der Waals surface area contributed by atoms with Crippen LogP contribution in [-0.2, 0) is 14.3 Å². The Bertz CT molecular complexity index is 1200. The fourth-order valence-electron chi connectivity index (χ4n) is 3.36. The minimum atomic E-state index is -0.759. The molecule has 4 rings (SSSR count). The molecular weight excluding hydrogens is 476 g/mol. The summed E-state index contributed by atoms with van der Waals surface area (Å²) >= 11 is 3.24. The number of carbonyl (C=O) groups excluding carboxylic acids is 2. The predicted molar refractivity (Wildman–Crippen MR) is 130 cm³/mol. The third-order valence-corrected chi connectivity index (χ3v) is 7.52. The van der Waals surface area contributed by atoms with Crippen LogP contribution in [0.5, 0.6) is 0 Å². The third-order valence-electron chi connectivity index (χ3n) is 4.86. The molecule has 0 N–H and O–H groups in total. The summed E-state index contributed by atoms with van der Waals surface area (Å²) in [7, 11) is -0.197. The molecule has 0 spiro atoms. The van der Waals surface area contributed by atoms with Crippen LogP contribution in [0.2, 0.25) is 0 Å². The van der Waals surface area contributed by atoms with Crippen LogP contribution in [-0.4, -0.2) is 29.5 Å². The van der Waals surface area contributed by atoms with Gasteiger partial charge in [0.1, 0.15) is 17.5 Å². The molecule has 0 aliphatic heterocycles. The molecule has 4 nitrogen and oxygen atoms in total. The maximum atomic E-state index is 12.3. The second-order valence-corrected chi connectivity index (χ2v) is 11.5. The van der Waals surface area contributed by atoms with E-state index >= 15 is 0 Å². The quantitative estimate of drug-likeness (QED) is 0.130. The van der Waals surface area contributed by atoms with E-state index in [0.29, 0.717) is 5.56 Å². The number of hydrogen-bond acceptors (Lipinski definition) is 4. The maximum absolute atomic E-state index is 12.3. The van der Waals surface area contributed by atoms with E-state index < -0.39 is 16.3 Å². The first-order chi connectivity index (χ1) is 14.9. The highest BCUT2D eigenvalue weighted by atomic mass is 79.9. The molecule has 0 saturated carbocycles. The van der Waals surface area contributed by atoms with Gasteiger partial charge < -0.3 is 9.47 Å². The van der Waals surface area contributed by atoms with Gasteiger partial charge in [-0.1, -0.05) is 40.2 Å². The van der Waals surface area contributed by atoms with Crippen molar-refractivity contribution in [1.29, 1.82) is 0 Å². The van der Waals surface area contributed by atoms with Crippen molar-refractivity contribution in [3.63, 3.8) is 0 Å². The van der Waals surface area contributed by atoms with E-state index in [2.05, 4.69) is 64.5 Å². The van der Waals surface area contributed by atoms with Crippen molar-refractivity contribution in [1.82, 2.24) is 0 Å². The first kappa shape index (κ1) is 21.5. The SMILES string of the molecule is CC(C)(Br)C(=O)OCCOC(=O)c1ccc(-[s+]2c3ccccc3c3ccccc32)cc1. The minimum absolute atomic E-state index is 0.0144. The van der Waals surface area contributed by atoms with Crippen LogP contribution in [0.4, 0.5) is 0 Å². The van der Waals surface area contributed by atoms with Crippen LogP contribution in [0.25, 0.3) is 25.1 Å². The summed E-state index contributed by atoms with van der Waals surface area (Å²) in [5.74, 6) is -0.831. The van der Waals surface area contributed by atoms with E-state index in [0.717, 1.165) is 4.90 Å². The zero-order valence-electron chi connectivity index (χ0n) is 17.3. The number of carbonyl (C=O) groups is 2. The van der Waals surface area contributed by atoms with Gasteiger partial charge in [0.05, 0.1) is 5.56 Å². The minimum Gasteiger partial charge on any atom is -0.461 e. The number of rotatable bonds is 6. The zero-order valence-corrected chi connectivity index (χ0v) is 19.7. The van der Waals surface area contributed by atoms with Crippen LogP contribution in [0.1, 0.15) is 24.2 Å². The van der Waals surface area contributed by atoms with E-state index in [-0.39, 0.29) is 23.7 Å². The van der Waals surface area contributed by atoms with Gasteiger partial charge in [0.2, 0.25) is 0 Å². The molecule has 0 radical (unpaired) electrons. The van der Waals surface area contributed by atoms with Gasteiger partial charge in [0.15, 0.2) is 14.3 Å². The van der Waals surface area contributed by atoms with Crippen LogP contribution < -0.4 is 0 Å². The van der Waals surface area contributed by atoms with Crippen LogP contribution in [0.3, 0.4) is 0 Å². The lowest BCUT2D eigenvalue weighted by Crippen LogP contribution is -2.28. The van der Waals surface area contributed by atoms with Crippen molar-refractivity contribution in [2.75, 3.05) is 13.2 Å². The number of alkyl halides is 1. The molecule has 0 amide bonds. The van der Waals surface area contributed by atoms with Crippen molar-refractivity contribution in [3.05, 3.63) is 78.4 Å². The number of hydrogen-bond donors (Lipinski definition) is 0. The van der Waals surface area contributed by atoms with Crippen LogP contribution in [0.15, 0.2) is 72.8 Å². The third kappa shape index (κ3) is 4.50. The van der Waals surface area contributed by atoms with Crippen LogP contribution >= 0.6 is 26.4 Å². The molecule has 4 aromatic rings. The lowest BCUT2D eigenvalue weighted by atomic mass is 10.2.